The second kappa shape index (κ2) is 9.76. The van der Waals surface area contributed by atoms with Crippen molar-refractivity contribution in [1.29, 1.82) is 0 Å². The molecular formula is C23H27F2N3O. The normalized spacial score (nSPS) is 16.6. The highest BCUT2D eigenvalue weighted by Gasteiger charge is 2.30. The van der Waals surface area contributed by atoms with Crippen LogP contribution in [-0.4, -0.2) is 54.5 Å². The summed E-state index contributed by atoms with van der Waals surface area (Å²) in [7, 11) is 0. The van der Waals surface area contributed by atoms with E-state index in [4.69, 9.17) is 0 Å². The molecule has 1 saturated heterocycles. The summed E-state index contributed by atoms with van der Waals surface area (Å²) in [5, 5.41) is 2.84. The van der Waals surface area contributed by atoms with Gasteiger partial charge in [-0.1, -0.05) is 30.3 Å². The monoisotopic (exact) mass is 399 g/mol. The minimum atomic E-state index is -0.282. The van der Waals surface area contributed by atoms with Crippen molar-refractivity contribution < 1.29 is 13.6 Å². The van der Waals surface area contributed by atoms with E-state index >= 15 is 0 Å². The smallest absolute Gasteiger partial charge is 0.237 e. The van der Waals surface area contributed by atoms with Crippen molar-refractivity contribution in [1.82, 2.24) is 15.1 Å². The van der Waals surface area contributed by atoms with Crippen molar-refractivity contribution >= 4 is 5.91 Å². The molecule has 0 spiro atoms. The molecule has 0 saturated carbocycles. The standard InChI is InChI=1S/C23H27F2N3O/c1-3-12-26-23(29)17(2)27-13-15-28(16-14-27)22(18-4-8-20(24)9-5-18)19-6-10-21(25)11-7-19/h3-11,17,22H,1,12-16H2,2H3,(H,26,29). The molecule has 6 heteroatoms. The Kier molecular flexibility index (Phi) is 7.12. The zero-order valence-corrected chi connectivity index (χ0v) is 16.7. The summed E-state index contributed by atoms with van der Waals surface area (Å²) in [5.41, 5.74) is 1.92. The molecule has 0 aliphatic carbocycles. The number of nitrogens with zero attached hydrogens (tertiary/aromatic N) is 2. The summed E-state index contributed by atoms with van der Waals surface area (Å²) in [5.74, 6) is -0.571. The molecule has 2 aromatic carbocycles. The first-order valence-corrected chi connectivity index (χ1v) is 9.87. The van der Waals surface area contributed by atoms with Crippen LogP contribution < -0.4 is 5.32 Å². The van der Waals surface area contributed by atoms with Crippen molar-refractivity contribution in [3.05, 3.63) is 83.9 Å². The summed E-state index contributed by atoms with van der Waals surface area (Å²) in [4.78, 5) is 16.7. The molecule has 1 heterocycles. The molecule has 2 aromatic rings. The Balaban J connectivity index is 1.74. The van der Waals surface area contributed by atoms with Crippen LogP contribution >= 0.6 is 0 Å². The van der Waals surface area contributed by atoms with Crippen molar-refractivity contribution in [3.8, 4) is 0 Å². The molecule has 4 nitrogen and oxygen atoms in total. The van der Waals surface area contributed by atoms with Crippen LogP contribution in [-0.2, 0) is 4.79 Å². The lowest BCUT2D eigenvalue weighted by Crippen LogP contribution is -2.54. The fraction of sp³-hybridized carbons (Fsp3) is 0.348. The molecule has 1 atom stereocenters. The molecule has 0 radical (unpaired) electrons. The number of rotatable bonds is 7. The number of amides is 1. The van der Waals surface area contributed by atoms with Crippen molar-refractivity contribution in [2.45, 2.75) is 19.0 Å². The van der Waals surface area contributed by atoms with Gasteiger partial charge in [-0.05, 0) is 42.3 Å². The van der Waals surface area contributed by atoms with E-state index in [1.54, 1.807) is 30.3 Å². The van der Waals surface area contributed by atoms with Gasteiger partial charge in [0.1, 0.15) is 11.6 Å². The summed E-state index contributed by atoms with van der Waals surface area (Å²) < 4.78 is 26.9. The average molecular weight is 399 g/mol. The highest BCUT2D eigenvalue weighted by Crippen LogP contribution is 2.30. The molecule has 1 aliphatic rings. The first kappa shape index (κ1) is 21.1. The van der Waals surface area contributed by atoms with E-state index in [0.717, 1.165) is 37.3 Å². The largest absolute Gasteiger partial charge is 0.351 e. The van der Waals surface area contributed by atoms with Crippen molar-refractivity contribution in [2.75, 3.05) is 32.7 Å². The van der Waals surface area contributed by atoms with Crippen LogP contribution in [0.15, 0.2) is 61.2 Å². The Morgan fingerprint density at radius 2 is 1.41 bits per heavy atom. The molecule has 0 bridgehead atoms. The second-order valence-electron chi connectivity index (χ2n) is 7.29. The van der Waals surface area contributed by atoms with E-state index in [0.29, 0.717) is 6.54 Å². The molecule has 29 heavy (non-hydrogen) atoms. The zero-order chi connectivity index (χ0) is 20.8. The molecular weight excluding hydrogens is 372 g/mol. The van der Waals surface area contributed by atoms with Gasteiger partial charge < -0.3 is 5.32 Å². The van der Waals surface area contributed by atoms with Gasteiger partial charge >= 0.3 is 0 Å². The summed E-state index contributed by atoms with van der Waals surface area (Å²) in [6.45, 7) is 8.96. The number of hydrogen-bond donors (Lipinski definition) is 1. The van der Waals surface area contributed by atoms with Crippen molar-refractivity contribution in [3.63, 3.8) is 0 Å². The fourth-order valence-electron chi connectivity index (χ4n) is 3.77. The van der Waals surface area contributed by atoms with Gasteiger partial charge in [0.2, 0.25) is 5.91 Å². The van der Waals surface area contributed by atoms with Gasteiger partial charge in [-0.2, -0.15) is 0 Å². The summed E-state index contributed by atoms with van der Waals surface area (Å²) in [6.07, 6.45) is 1.67. The van der Waals surface area contributed by atoms with Crippen LogP contribution in [0.1, 0.15) is 24.1 Å². The molecule has 1 N–H and O–H groups in total. The molecule has 154 valence electrons. The number of halogens is 2. The topological polar surface area (TPSA) is 35.6 Å². The SMILES string of the molecule is C=CCNC(=O)C(C)N1CCN(C(c2ccc(F)cc2)c2ccc(F)cc2)CC1. The lowest BCUT2D eigenvalue weighted by Gasteiger charge is -2.41. The van der Waals surface area contributed by atoms with Crippen LogP contribution in [0, 0.1) is 11.6 Å². The molecule has 1 unspecified atom stereocenters. The van der Waals surface area contributed by atoms with Crippen LogP contribution in [0.3, 0.4) is 0 Å². The first-order chi connectivity index (χ1) is 14.0. The van der Waals surface area contributed by atoms with E-state index in [1.165, 1.54) is 24.3 Å². The Labute approximate surface area is 170 Å². The number of hydrogen-bond acceptors (Lipinski definition) is 3. The number of carbonyl (C=O) groups excluding carboxylic acids is 1. The van der Waals surface area contributed by atoms with E-state index in [-0.39, 0.29) is 29.6 Å². The van der Waals surface area contributed by atoms with Gasteiger partial charge in [0.05, 0.1) is 12.1 Å². The number of nitrogens with one attached hydrogen (secondary N) is 1. The molecule has 0 aromatic heterocycles. The van der Waals surface area contributed by atoms with Gasteiger partial charge in [0.15, 0.2) is 0 Å². The first-order valence-electron chi connectivity index (χ1n) is 9.87. The van der Waals surface area contributed by atoms with Gasteiger partial charge in [0.25, 0.3) is 0 Å². The lowest BCUT2D eigenvalue weighted by atomic mass is 9.96. The van der Waals surface area contributed by atoms with Gasteiger partial charge in [-0.25, -0.2) is 8.78 Å². The quantitative estimate of drug-likeness (QED) is 0.726. The van der Waals surface area contributed by atoms with E-state index < -0.39 is 0 Å². The highest BCUT2D eigenvalue weighted by molar-refractivity contribution is 5.81. The summed E-state index contributed by atoms with van der Waals surface area (Å²) >= 11 is 0. The molecule has 1 fully saturated rings. The van der Waals surface area contributed by atoms with E-state index in [1.807, 2.05) is 6.92 Å². The van der Waals surface area contributed by atoms with Crippen LogP contribution in [0.2, 0.25) is 0 Å². The lowest BCUT2D eigenvalue weighted by molar-refractivity contribution is -0.126. The Hall–Kier alpha value is -2.57. The average Bonchev–Trinajstić information content (AvgIpc) is 2.75. The number of benzene rings is 2. The third kappa shape index (κ3) is 5.28. The molecule has 1 amide bonds. The Morgan fingerprint density at radius 3 is 1.86 bits per heavy atom. The van der Waals surface area contributed by atoms with Crippen LogP contribution in [0.4, 0.5) is 8.78 Å². The van der Waals surface area contributed by atoms with Crippen LogP contribution in [0.25, 0.3) is 0 Å². The molecule has 1 aliphatic heterocycles. The third-order valence-corrected chi connectivity index (χ3v) is 5.43. The number of carbonyl (C=O) groups is 1. The Bertz CT molecular complexity index is 770. The maximum absolute atomic E-state index is 13.4. The predicted octanol–water partition coefficient (Wildman–Crippen LogP) is 3.36. The van der Waals surface area contributed by atoms with Crippen molar-refractivity contribution in [2.24, 2.45) is 0 Å². The Morgan fingerprint density at radius 1 is 0.966 bits per heavy atom. The number of piperazine rings is 1. The maximum atomic E-state index is 13.4. The minimum absolute atomic E-state index is 0.00744. The van der Waals surface area contributed by atoms with E-state index in [2.05, 4.69) is 21.7 Å². The minimum Gasteiger partial charge on any atom is -0.351 e. The predicted molar refractivity (Wildman–Crippen MR) is 110 cm³/mol. The zero-order valence-electron chi connectivity index (χ0n) is 16.7. The van der Waals surface area contributed by atoms with Crippen LogP contribution in [0.5, 0.6) is 0 Å². The van der Waals surface area contributed by atoms with Gasteiger partial charge in [-0.15, -0.1) is 6.58 Å². The molecule has 3 rings (SSSR count). The second-order valence-corrected chi connectivity index (χ2v) is 7.29. The third-order valence-electron chi connectivity index (χ3n) is 5.43. The fourth-order valence-corrected chi connectivity index (χ4v) is 3.77. The van der Waals surface area contributed by atoms with E-state index in [9.17, 15) is 13.6 Å². The highest BCUT2D eigenvalue weighted by atomic mass is 19.1. The van der Waals surface area contributed by atoms with Gasteiger partial charge in [0, 0.05) is 32.7 Å². The maximum Gasteiger partial charge on any atom is 0.237 e. The summed E-state index contributed by atoms with van der Waals surface area (Å²) in [6, 6.07) is 12.6. The van der Waals surface area contributed by atoms with Gasteiger partial charge in [-0.3, -0.25) is 14.6 Å².